The van der Waals surface area contributed by atoms with Gasteiger partial charge in [0.05, 0.1) is 5.69 Å². The highest BCUT2D eigenvalue weighted by Crippen LogP contribution is 2.09. The van der Waals surface area contributed by atoms with Gasteiger partial charge in [0.15, 0.2) is 5.82 Å². The number of pyridine rings is 1. The Balaban J connectivity index is 1.92. The Bertz CT molecular complexity index is 822. The smallest absolute Gasteiger partial charge is 0.417 e. The summed E-state index contributed by atoms with van der Waals surface area (Å²) in [5.74, 6) is 0.488. The molecule has 0 amide bonds. The van der Waals surface area contributed by atoms with Crippen molar-refractivity contribution in [3.63, 3.8) is 0 Å². The van der Waals surface area contributed by atoms with Crippen LogP contribution in [0.3, 0.4) is 0 Å². The molecule has 0 unspecified atom stereocenters. The van der Waals surface area contributed by atoms with E-state index >= 15 is 0 Å². The highest BCUT2D eigenvalue weighted by molar-refractivity contribution is 5.46. The molecule has 102 valence electrons. The number of aryl methyl sites for hydroxylation is 2. The lowest BCUT2D eigenvalue weighted by molar-refractivity contribution is 0.192. The second-order valence-electron chi connectivity index (χ2n) is 4.37. The van der Waals surface area contributed by atoms with Crippen molar-refractivity contribution in [1.82, 2.24) is 19.5 Å². The zero-order valence-electron chi connectivity index (χ0n) is 11.0. The van der Waals surface area contributed by atoms with Gasteiger partial charge in [-0.05, 0) is 25.5 Å². The summed E-state index contributed by atoms with van der Waals surface area (Å²) >= 11 is 0. The number of hydrogen-bond donors (Lipinski definition) is 0. The highest BCUT2D eigenvalue weighted by atomic mass is 16.6. The SMILES string of the molecule is Cc1noc(OCc2cc(=O)n3cccc(C)c3n2)n1. The molecule has 7 heteroatoms. The van der Waals surface area contributed by atoms with E-state index in [0.29, 0.717) is 17.2 Å². The third-order valence-corrected chi connectivity index (χ3v) is 2.79. The van der Waals surface area contributed by atoms with Crippen LogP contribution >= 0.6 is 0 Å². The Kier molecular flexibility index (Phi) is 2.94. The molecular formula is C13H12N4O3. The first kappa shape index (κ1) is 12.3. The van der Waals surface area contributed by atoms with Crippen LogP contribution in [0.5, 0.6) is 6.08 Å². The molecule has 0 bridgehead atoms. The molecule has 0 radical (unpaired) electrons. The van der Waals surface area contributed by atoms with Gasteiger partial charge in [0, 0.05) is 12.3 Å². The van der Waals surface area contributed by atoms with Crippen LogP contribution in [0, 0.1) is 13.8 Å². The summed E-state index contributed by atoms with van der Waals surface area (Å²) in [6, 6.07) is 5.13. The van der Waals surface area contributed by atoms with Crippen molar-refractivity contribution in [2.45, 2.75) is 20.5 Å². The summed E-state index contributed by atoms with van der Waals surface area (Å²) in [7, 11) is 0. The summed E-state index contributed by atoms with van der Waals surface area (Å²) in [5.41, 5.74) is 1.89. The molecule has 0 aliphatic heterocycles. The molecule has 0 N–H and O–H groups in total. The molecule has 20 heavy (non-hydrogen) atoms. The summed E-state index contributed by atoms with van der Waals surface area (Å²) in [6.45, 7) is 3.69. The average molecular weight is 272 g/mol. The van der Waals surface area contributed by atoms with E-state index in [1.165, 1.54) is 10.5 Å². The third kappa shape index (κ3) is 2.25. The maximum Gasteiger partial charge on any atom is 0.417 e. The van der Waals surface area contributed by atoms with Crippen LogP contribution < -0.4 is 10.3 Å². The summed E-state index contributed by atoms with van der Waals surface area (Å²) in [6.07, 6.45) is 1.75. The minimum atomic E-state index is -0.154. The molecule has 0 atom stereocenters. The van der Waals surface area contributed by atoms with Gasteiger partial charge in [-0.25, -0.2) is 4.98 Å². The fraction of sp³-hybridized carbons (Fsp3) is 0.231. The lowest BCUT2D eigenvalue weighted by Gasteiger charge is -2.05. The maximum atomic E-state index is 12.0. The molecule has 0 aromatic carbocycles. The molecule has 0 spiro atoms. The number of fused-ring (bicyclic) bond motifs is 1. The van der Waals surface area contributed by atoms with Crippen LogP contribution in [-0.2, 0) is 6.61 Å². The lowest BCUT2D eigenvalue weighted by atomic mass is 10.3. The van der Waals surface area contributed by atoms with Gasteiger partial charge in [-0.15, -0.1) is 0 Å². The van der Waals surface area contributed by atoms with E-state index < -0.39 is 0 Å². The van der Waals surface area contributed by atoms with Gasteiger partial charge in [0.25, 0.3) is 5.56 Å². The second kappa shape index (κ2) is 4.76. The van der Waals surface area contributed by atoms with Crippen molar-refractivity contribution in [2.75, 3.05) is 0 Å². The fourth-order valence-electron chi connectivity index (χ4n) is 1.86. The van der Waals surface area contributed by atoms with Gasteiger partial charge in [-0.2, -0.15) is 4.98 Å². The van der Waals surface area contributed by atoms with Crippen molar-refractivity contribution in [1.29, 1.82) is 0 Å². The molecule has 3 aromatic rings. The van der Waals surface area contributed by atoms with Gasteiger partial charge in [-0.3, -0.25) is 13.7 Å². The van der Waals surface area contributed by atoms with Crippen molar-refractivity contribution in [2.24, 2.45) is 0 Å². The first-order chi connectivity index (χ1) is 9.63. The van der Waals surface area contributed by atoms with E-state index in [1.807, 2.05) is 19.1 Å². The predicted octanol–water partition coefficient (Wildman–Crippen LogP) is 1.27. The molecule has 0 fully saturated rings. The normalized spacial score (nSPS) is 10.9. The van der Waals surface area contributed by atoms with Crippen LogP contribution in [0.4, 0.5) is 0 Å². The molecule has 3 aromatic heterocycles. The van der Waals surface area contributed by atoms with Crippen LogP contribution in [-0.4, -0.2) is 19.5 Å². The summed E-state index contributed by atoms with van der Waals surface area (Å²) < 4.78 is 11.6. The molecule has 0 saturated heterocycles. The monoisotopic (exact) mass is 272 g/mol. The van der Waals surface area contributed by atoms with Crippen LogP contribution in [0.25, 0.3) is 5.65 Å². The Morgan fingerprint density at radius 2 is 2.20 bits per heavy atom. The van der Waals surface area contributed by atoms with E-state index in [1.54, 1.807) is 13.1 Å². The summed E-state index contributed by atoms with van der Waals surface area (Å²) in [5, 5.41) is 3.61. The van der Waals surface area contributed by atoms with Crippen molar-refractivity contribution in [3.8, 4) is 6.08 Å². The standard InChI is InChI=1S/C13H12N4O3/c1-8-4-3-5-17-11(18)6-10(15-12(8)17)7-19-13-14-9(2)16-20-13/h3-6H,7H2,1-2H3. The van der Waals surface area contributed by atoms with Gasteiger partial charge in [-0.1, -0.05) is 11.2 Å². The zero-order valence-corrected chi connectivity index (χ0v) is 11.0. The molecular weight excluding hydrogens is 260 g/mol. The first-order valence-electron chi connectivity index (χ1n) is 6.04. The second-order valence-corrected chi connectivity index (χ2v) is 4.37. The Labute approximate surface area is 113 Å². The average Bonchev–Trinajstić information content (AvgIpc) is 2.84. The fourth-order valence-corrected chi connectivity index (χ4v) is 1.86. The zero-order chi connectivity index (χ0) is 14.1. The van der Waals surface area contributed by atoms with Crippen molar-refractivity contribution >= 4 is 5.65 Å². The molecule has 3 heterocycles. The van der Waals surface area contributed by atoms with Crippen LogP contribution in [0.1, 0.15) is 17.1 Å². The molecule has 3 rings (SSSR count). The van der Waals surface area contributed by atoms with E-state index in [0.717, 1.165) is 5.56 Å². The van der Waals surface area contributed by atoms with Crippen molar-refractivity contribution in [3.05, 3.63) is 51.8 Å². The lowest BCUT2D eigenvalue weighted by Crippen LogP contribution is -2.17. The highest BCUT2D eigenvalue weighted by Gasteiger charge is 2.07. The minimum absolute atomic E-state index is 0.0642. The van der Waals surface area contributed by atoms with Gasteiger partial charge in [0.2, 0.25) is 0 Å². The Morgan fingerprint density at radius 3 is 2.95 bits per heavy atom. The first-order valence-corrected chi connectivity index (χ1v) is 6.04. The number of hydrogen-bond acceptors (Lipinski definition) is 6. The largest absolute Gasteiger partial charge is 0.442 e. The van der Waals surface area contributed by atoms with Gasteiger partial charge in [0.1, 0.15) is 12.3 Å². The number of rotatable bonds is 3. The van der Waals surface area contributed by atoms with Crippen LogP contribution in [0.2, 0.25) is 0 Å². The van der Waals surface area contributed by atoms with E-state index in [-0.39, 0.29) is 18.2 Å². The number of aromatic nitrogens is 4. The Morgan fingerprint density at radius 1 is 1.35 bits per heavy atom. The number of nitrogens with zero attached hydrogens (tertiary/aromatic N) is 4. The van der Waals surface area contributed by atoms with Crippen molar-refractivity contribution < 1.29 is 9.26 Å². The van der Waals surface area contributed by atoms with Gasteiger partial charge >= 0.3 is 6.08 Å². The number of ether oxygens (including phenoxy) is 1. The Hall–Kier alpha value is -2.70. The van der Waals surface area contributed by atoms with E-state index in [4.69, 9.17) is 9.26 Å². The summed E-state index contributed by atoms with van der Waals surface area (Å²) in [4.78, 5) is 20.3. The molecule has 0 saturated carbocycles. The topological polar surface area (TPSA) is 82.5 Å². The minimum Gasteiger partial charge on any atom is -0.442 e. The predicted molar refractivity (Wildman–Crippen MR) is 69.6 cm³/mol. The molecule has 0 aliphatic carbocycles. The molecule has 7 nitrogen and oxygen atoms in total. The quantitative estimate of drug-likeness (QED) is 0.714. The van der Waals surface area contributed by atoms with E-state index in [2.05, 4.69) is 15.1 Å². The van der Waals surface area contributed by atoms with Gasteiger partial charge < -0.3 is 4.74 Å². The maximum absolute atomic E-state index is 12.0. The van der Waals surface area contributed by atoms with Crippen LogP contribution in [0.15, 0.2) is 33.7 Å². The van der Waals surface area contributed by atoms with E-state index in [9.17, 15) is 4.79 Å². The molecule has 0 aliphatic rings. The third-order valence-electron chi connectivity index (χ3n) is 2.79.